The van der Waals surface area contributed by atoms with Gasteiger partial charge in [-0.1, -0.05) is 6.07 Å². The number of nitrogens with zero attached hydrogens (tertiary/aromatic N) is 1. The molecule has 0 saturated carbocycles. The molecule has 112 valence electrons. The molecule has 6 nitrogen and oxygen atoms in total. The predicted molar refractivity (Wildman–Crippen MR) is 78.8 cm³/mol. The zero-order valence-electron chi connectivity index (χ0n) is 11.7. The van der Waals surface area contributed by atoms with Crippen molar-refractivity contribution in [2.45, 2.75) is 13.0 Å². The molecule has 1 fully saturated rings. The molecule has 0 unspecified atom stereocenters. The summed E-state index contributed by atoms with van der Waals surface area (Å²) >= 11 is 1.53. The van der Waals surface area contributed by atoms with Crippen molar-refractivity contribution in [3.63, 3.8) is 0 Å². The molecule has 0 bridgehead atoms. The van der Waals surface area contributed by atoms with Crippen molar-refractivity contribution < 1.29 is 14.3 Å². The molecule has 0 radical (unpaired) electrons. The highest BCUT2D eigenvalue weighted by molar-refractivity contribution is 7.10. The molecule has 2 N–H and O–H groups in total. The fraction of sp³-hybridized carbons (Fsp3) is 0.429. The van der Waals surface area contributed by atoms with Gasteiger partial charge in [-0.05, 0) is 18.4 Å². The molecule has 0 spiro atoms. The Kier molecular flexibility index (Phi) is 3.94. The summed E-state index contributed by atoms with van der Waals surface area (Å²) in [7, 11) is 0. The molecule has 3 amide bonds. The van der Waals surface area contributed by atoms with Gasteiger partial charge in [0.1, 0.15) is 0 Å². The second-order valence-corrected chi connectivity index (χ2v) is 5.97. The highest BCUT2D eigenvalue weighted by Crippen LogP contribution is 2.30. The normalized spacial score (nSPS) is 22.8. The van der Waals surface area contributed by atoms with E-state index in [0.29, 0.717) is 37.6 Å². The van der Waals surface area contributed by atoms with E-state index in [4.69, 9.17) is 4.74 Å². The van der Waals surface area contributed by atoms with Gasteiger partial charge in [-0.15, -0.1) is 11.3 Å². The topological polar surface area (TPSA) is 70.7 Å². The number of rotatable bonds is 2. The maximum Gasteiger partial charge on any atom is 0.319 e. The fourth-order valence-electron chi connectivity index (χ4n) is 2.58. The van der Waals surface area contributed by atoms with Crippen LogP contribution in [-0.4, -0.2) is 43.1 Å². The van der Waals surface area contributed by atoms with Crippen LogP contribution in [0, 0.1) is 0 Å². The Bertz CT molecular complexity index is 576. The number of urea groups is 1. The van der Waals surface area contributed by atoms with Crippen LogP contribution < -0.4 is 10.6 Å². The molecule has 1 aromatic rings. The van der Waals surface area contributed by atoms with Gasteiger partial charge in [-0.2, -0.15) is 0 Å². The highest BCUT2D eigenvalue weighted by atomic mass is 32.1. The van der Waals surface area contributed by atoms with Crippen molar-refractivity contribution in [2.24, 2.45) is 0 Å². The van der Waals surface area contributed by atoms with Crippen molar-refractivity contribution in [1.82, 2.24) is 15.5 Å². The smallest absolute Gasteiger partial charge is 0.319 e. The van der Waals surface area contributed by atoms with E-state index in [0.717, 1.165) is 4.88 Å². The van der Waals surface area contributed by atoms with Gasteiger partial charge in [0.15, 0.2) is 0 Å². The molecule has 1 aromatic heterocycles. The third kappa shape index (κ3) is 2.79. The predicted octanol–water partition coefficient (Wildman–Crippen LogP) is 1.23. The van der Waals surface area contributed by atoms with Crippen LogP contribution in [0.5, 0.6) is 0 Å². The summed E-state index contributed by atoms with van der Waals surface area (Å²) in [6.07, 6.45) is 0. The first-order valence-corrected chi connectivity index (χ1v) is 7.73. The lowest BCUT2D eigenvalue weighted by atomic mass is 10.00. The quantitative estimate of drug-likeness (QED) is 0.863. The average Bonchev–Trinajstić information content (AvgIpc) is 3.01. The van der Waals surface area contributed by atoms with E-state index < -0.39 is 0 Å². The second kappa shape index (κ2) is 5.87. The zero-order chi connectivity index (χ0) is 14.8. The summed E-state index contributed by atoms with van der Waals surface area (Å²) in [6, 6.07) is 3.19. The molecular weight excluding hydrogens is 290 g/mol. The van der Waals surface area contributed by atoms with E-state index in [1.54, 1.807) is 11.8 Å². The molecule has 1 atom stereocenters. The Morgan fingerprint density at radius 2 is 2.19 bits per heavy atom. The standard InChI is InChI=1S/C14H17N3O3S/c1-9-11(13(18)17-4-6-20-7-5-17)12(16-14(19)15-9)10-3-2-8-21-10/h2-3,8,12H,4-7H2,1H3,(H2,15,16,19)/t12-/m1/s1. The van der Waals surface area contributed by atoms with Crippen LogP contribution in [0.15, 0.2) is 28.8 Å². The first-order valence-electron chi connectivity index (χ1n) is 6.85. The molecule has 2 aliphatic heterocycles. The Morgan fingerprint density at radius 3 is 2.86 bits per heavy atom. The molecule has 21 heavy (non-hydrogen) atoms. The van der Waals surface area contributed by atoms with E-state index in [1.165, 1.54) is 11.3 Å². The lowest BCUT2D eigenvalue weighted by Crippen LogP contribution is -2.49. The van der Waals surface area contributed by atoms with E-state index in [2.05, 4.69) is 10.6 Å². The number of carbonyl (C=O) groups excluding carboxylic acids is 2. The molecule has 1 saturated heterocycles. The zero-order valence-corrected chi connectivity index (χ0v) is 12.5. The highest BCUT2D eigenvalue weighted by Gasteiger charge is 2.34. The molecule has 0 aliphatic carbocycles. The molecule has 2 aliphatic rings. The van der Waals surface area contributed by atoms with Gasteiger partial charge in [0.2, 0.25) is 0 Å². The Balaban J connectivity index is 1.93. The van der Waals surface area contributed by atoms with Gasteiger partial charge in [-0.25, -0.2) is 4.79 Å². The monoisotopic (exact) mass is 307 g/mol. The van der Waals surface area contributed by atoms with E-state index in [9.17, 15) is 9.59 Å². The van der Waals surface area contributed by atoms with Crippen LogP contribution in [0.25, 0.3) is 0 Å². The fourth-order valence-corrected chi connectivity index (χ4v) is 3.37. The third-order valence-corrected chi connectivity index (χ3v) is 4.56. The first-order chi connectivity index (χ1) is 10.2. The summed E-state index contributed by atoms with van der Waals surface area (Å²) in [4.78, 5) is 27.3. The van der Waals surface area contributed by atoms with Crippen LogP contribution in [0.2, 0.25) is 0 Å². The van der Waals surface area contributed by atoms with Crippen LogP contribution in [0.1, 0.15) is 17.8 Å². The van der Waals surface area contributed by atoms with E-state index in [-0.39, 0.29) is 18.0 Å². The SMILES string of the molecule is CC1=C(C(=O)N2CCOCC2)[C@@H](c2cccs2)NC(=O)N1. The van der Waals surface area contributed by atoms with E-state index >= 15 is 0 Å². The lowest BCUT2D eigenvalue weighted by Gasteiger charge is -2.33. The average molecular weight is 307 g/mol. The van der Waals surface area contributed by atoms with Gasteiger partial charge < -0.3 is 20.3 Å². The molecule has 0 aromatic carbocycles. The summed E-state index contributed by atoms with van der Waals surface area (Å²) in [5.74, 6) is -0.0401. The number of allylic oxidation sites excluding steroid dienone is 1. The minimum absolute atomic E-state index is 0.0401. The van der Waals surface area contributed by atoms with Gasteiger partial charge in [0.05, 0.1) is 24.8 Å². The summed E-state index contributed by atoms with van der Waals surface area (Å²) in [5, 5.41) is 7.48. The van der Waals surface area contributed by atoms with Crippen molar-refractivity contribution in [3.8, 4) is 0 Å². The molecule has 3 heterocycles. The van der Waals surface area contributed by atoms with Crippen LogP contribution in [0.3, 0.4) is 0 Å². The maximum atomic E-state index is 12.8. The second-order valence-electron chi connectivity index (χ2n) is 4.99. The van der Waals surface area contributed by atoms with Crippen molar-refractivity contribution in [3.05, 3.63) is 33.7 Å². The number of hydrogen-bond donors (Lipinski definition) is 2. The van der Waals surface area contributed by atoms with Crippen LogP contribution in [-0.2, 0) is 9.53 Å². The largest absolute Gasteiger partial charge is 0.378 e. The number of carbonyl (C=O) groups is 2. The number of thiophene rings is 1. The Morgan fingerprint density at radius 1 is 1.43 bits per heavy atom. The van der Waals surface area contributed by atoms with Gasteiger partial charge >= 0.3 is 6.03 Å². The van der Waals surface area contributed by atoms with E-state index in [1.807, 2.05) is 17.5 Å². The van der Waals surface area contributed by atoms with Gasteiger partial charge in [0.25, 0.3) is 5.91 Å². The number of morpholine rings is 1. The molecule has 7 heteroatoms. The number of amides is 3. The number of ether oxygens (including phenoxy) is 1. The summed E-state index contributed by atoms with van der Waals surface area (Å²) in [5.41, 5.74) is 1.23. The number of hydrogen-bond acceptors (Lipinski definition) is 4. The van der Waals surface area contributed by atoms with Crippen molar-refractivity contribution in [2.75, 3.05) is 26.3 Å². The first kappa shape index (κ1) is 14.1. The van der Waals surface area contributed by atoms with Crippen molar-refractivity contribution in [1.29, 1.82) is 0 Å². The molecule has 3 rings (SSSR count). The van der Waals surface area contributed by atoms with Crippen LogP contribution in [0.4, 0.5) is 4.79 Å². The maximum absolute atomic E-state index is 12.8. The number of nitrogens with one attached hydrogen (secondary N) is 2. The summed E-state index contributed by atoms with van der Waals surface area (Å²) < 4.78 is 5.29. The molecular formula is C14H17N3O3S. The van der Waals surface area contributed by atoms with Gasteiger partial charge in [0, 0.05) is 23.7 Å². The minimum Gasteiger partial charge on any atom is -0.378 e. The minimum atomic E-state index is -0.380. The van der Waals surface area contributed by atoms with Crippen molar-refractivity contribution >= 4 is 23.3 Å². The summed E-state index contributed by atoms with van der Waals surface area (Å²) in [6.45, 7) is 4.05. The Labute approximate surface area is 126 Å². The lowest BCUT2D eigenvalue weighted by molar-refractivity contribution is -0.131. The van der Waals surface area contributed by atoms with Crippen LogP contribution >= 0.6 is 11.3 Å². The Hall–Kier alpha value is -1.86. The van der Waals surface area contributed by atoms with Gasteiger partial charge in [-0.3, -0.25) is 4.79 Å². The third-order valence-electron chi connectivity index (χ3n) is 3.63.